The van der Waals surface area contributed by atoms with Crippen molar-refractivity contribution in [3.63, 3.8) is 0 Å². The van der Waals surface area contributed by atoms with Gasteiger partial charge in [0.05, 0.1) is 25.1 Å². The third-order valence-corrected chi connectivity index (χ3v) is 4.52. The Labute approximate surface area is 142 Å². The summed E-state index contributed by atoms with van der Waals surface area (Å²) in [6.45, 7) is 0.0313. The minimum absolute atomic E-state index is 0.0313. The zero-order chi connectivity index (χ0) is 16.9. The van der Waals surface area contributed by atoms with Crippen LogP contribution in [0, 0.1) is 0 Å². The van der Waals surface area contributed by atoms with Gasteiger partial charge in [0.1, 0.15) is 12.1 Å². The first-order chi connectivity index (χ1) is 11.7. The van der Waals surface area contributed by atoms with Crippen molar-refractivity contribution >= 4 is 34.2 Å². The van der Waals surface area contributed by atoms with Crippen LogP contribution in [0.25, 0.3) is 11.0 Å². The number of ether oxygens (including phenoxy) is 1. The van der Waals surface area contributed by atoms with Crippen molar-refractivity contribution in [2.24, 2.45) is 0 Å². The number of esters is 1. The average molecular weight is 344 g/mol. The van der Waals surface area contributed by atoms with Gasteiger partial charge in [-0.2, -0.15) is 0 Å². The highest BCUT2D eigenvalue weighted by atomic mass is 32.1. The fourth-order valence-electron chi connectivity index (χ4n) is 2.37. The molecule has 0 bridgehead atoms. The van der Waals surface area contributed by atoms with Crippen LogP contribution in [-0.2, 0) is 20.9 Å². The van der Waals surface area contributed by atoms with E-state index in [9.17, 15) is 9.59 Å². The minimum Gasteiger partial charge on any atom is -0.469 e. The second-order valence-electron chi connectivity index (χ2n) is 5.15. The van der Waals surface area contributed by atoms with E-state index in [1.54, 1.807) is 0 Å². The molecule has 1 atom stereocenters. The lowest BCUT2D eigenvalue weighted by atomic mass is 10.1. The molecule has 24 heavy (non-hydrogen) atoms. The highest BCUT2D eigenvalue weighted by Gasteiger charge is 2.20. The minimum atomic E-state index is -0.417. The van der Waals surface area contributed by atoms with Gasteiger partial charge >= 0.3 is 5.97 Å². The van der Waals surface area contributed by atoms with Gasteiger partial charge in [0, 0.05) is 4.88 Å². The maximum Gasteiger partial charge on any atom is 0.307 e. The first kappa shape index (κ1) is 16.1. The maximum absolute atomic E-state index is 12.4. The van der Waals surface area contributed by atoms with Gasteiger partial charge in [-0.25, -0.2) is 4.68 Å². The summed E-state index contributed by atoms with van der Waals surface area (Å²) in [6.07, 6.45) is 0.0842. The summed E-state index contributed by atoms with van der Waals surface area (Å²) in [4.78, 5) is 24.9. The Balaban J connectivity index is 1.72. The van der Waals surface area contributed by atoms with Gasteiger partial charge in [-0.3, -0.25) is 9.59 Å². The Morgan fingerprint density at radius 3 is 2.88 bits per heavy atom. The second kappa shape index (κ2) is 7.22. The number of aromatic nitrogens is 3. The summed E-state index contributed by atoms with van der Waals surface area (Å²) in [6, 6.07) is 10.8. The van der Waals surface area contributed by atoms with E-state index in [1.807, 2.05) is 41.8 Å². The smallest absolute Gasteiger partial charge is 0.307 e. The molecule has 1 N–H and O–H groups in total. The molecule has 2 aromatic heterocycles. The van der Waals surface area contributed by atoms with Gasteiger partial charge in [0.2, 0.25) is 5.91 Å². The second-order valence-corrected chi connectivity index (χ2v) is 6.13. The molecular formula is C16H16N4O3S. The molecule has 0 aliphatic heterocycles. The number of thiophene rings is 1. The van der Waals surface area contributed by atoms with E-state index >= 15 is 0 Å². The molecule has 0 aliphatic carbocycles. The van der Waals surface area contributed by atoms with Crippen molar-refractivity contribution in [3.05, 3.63) is 46.7 Å². The molecule has 8 heteroatoms. The zero-order valence-electron chi connectivity index (χ0n) is 13.0. The molecule has 1 amide bonds. The standard InChI is InChI=1S/C16H16N4O3S/c1-23-16(22)9-12(14-7-4-8-24-14)17-15(21)10-20-13-6-3-2-5-11(13)18-19-20/h2-8,12H,9-10H2,1H3,(H,17,21). The summed E-state index contributed by atoms with van der Waals surface area (Å²) >= 11 is 1.48. The highest BCUT2D eigenvalue weighted by molar-refractivity contribution is 7.10. The van der Waals surface area contributed by atoms with Crippen LogP contribution in [-0.4, -0.2) is 34.0 Å². The van der Waals surface area contributed by atoms with Crippen LogP contribution in [0.2, 0.25) is 0 Å². The third kappa shape index (κ3) is 3.60. The molecule has 0 spiro atoms. The molecule has 3 rings (SSSR count). The Bertz CT molecular complexity index is 844. The number of nitrogens with zero attached hydrogens (tertiary/aromatic N) is 3. The van der Waals surface area contributed by atoms with E-state index in [2.05, 4.69) is 15.6 Å². The summed E-state index contributed by atoms with van der Waals surface area (Å²) in [5.41, 5.74) is 1.52. The van der Waals surface area contributed by atoms with Crippen molar-refractivity contribution in [2.75, 3.05) is 7.11 Å². The van der Waals surface area contributed by atoms with Crippen molar-refractivity contribution in [2.45, 2.75) is 19.0 Å². The largest absolute Gasteiger partial charge is 0.469 e. The molecule has 1 aromatic carbocycles. The first-order valence-corrected chi connectivity index (χ1v) is 8.23. The lowest BCUT2D eigenvalue weighted by molar-refractivity contribution is -0.141. The van der Waals surface area contributed by atoms with Crippen molar-refractivity contribution in [3.8, 4) is 0 Å². The number of benzene rings is 1. The number of carbonyl (C=O) groups is 2. The summed E-state index contributed by atoms with van der Waals surface area (Å²) < 4.78 is 6.25. The molecule has 2 heterocycles. The van der Waals surface area contributed by atoms with Crippen molar-refractivity contribution in [1.82, 2.24) is 20.3 Å². The molecule has 3 aromatic rings. The molecule has 124 valence electrons. The first-order valence-electron chi connectivity index (χ1n) is 7.35. The van der Waals surface area contributed by atoms with Gasteiger partial charge in [-0.15, -0.1) is 16.4 Å². The average Bonchev–Trinajstić information content (AvgIpc) is 3.24. The highest BCUT2D eigenvalue weighted by Crippen LogP contribution is 2.22. The monoisotopic (exact) mass is 344 g/mol. The van der Waals surface area contributed by atoms with Gasteiger partial charge in [0.25, 0.3) is 0 Å². The topological polar surface area (TPSA) is 86.1 Å². The number of rotatable bonds is 6. The van der Waals surface area contributed by atoms with Gasteiger partial charge in [-0.1, -0.05) is 23.4 Å². The third-order valence-electron chi connectivity index (χ3n) is 3.53. The molecule has 0 aliphatic rings. The molecule has 0 saturated heterocycles. The Kier molecular flexibility index (Phi) is 4.85. The van der Waals surface area contributed by atoms with Crippen LogP contribution in [0.1, 0.15) is 17.3 Å². The summed E-state index contributed by atoms with van der Waals surface area (Å²) in [7, 11) is 1.33. The molecule has 0 fully saturated rings. The van der Waals surface area contributed by atoms with Crippen molar-refractivity contribution in [1.29, 1.82) is 0 Å². The van der Waals surface area contributed by atoms with Crippen LogP contribution >= 0.6 is 11.3 Å². The fourth-order valence-corrected chi connectivity index (χ4v) is 3.15. The predicted molar refractivity (Wildman–Crippen MR) is 89.4 cm³/mol. The van der Waals surface area contributed by atoms with E-state index in [1.165, 1.54) is 23.1 Å². The Morgan fingerprint density at radius 2 is 2.12 bits per heavy atom. The lowest BCUT2D eigenvalue weighted by Crippen LogP contribution is -2.33. The SMILES string of the molecule is COC(=O)CC(NC(=O)Cn1nnc2ccccc21)c1cccs1. The number of carbonyl (C=O) groups excluding carboxylic acids is 2. The van der Waals surface area contributed by atoms with Crippen LogP contribution in [0.5, 0.6) is 0 Å². The quantitative estimate of drug-likeness (QED) is 0.690. The molecular weight excluding hydrogens is 328 g/mol. The molecule has 7 nitrogen and oxygen atoms in total. The predicted octanol–water partition coefficient (Wildman–Crippen LogP) is 1.91. The number of amides is 1. The van der Waals surface area contributed by atoms with Gasteiger partial charge < -0.3 is 10.1 Å². The van der Waals surface area contributed by atoms with Crippen LogP contribution in [0.3, 0.4) is 0 Å². The Morgan fingerprint density at radius 1 is 1.29 bits per heavy atom. The summed E-state index contributed by atoms with van der Waals surface area (Å²) in [5.74, 6) is -0.618. The number of methoxy groups -OCH3 is 1. The van der Waals surface area contributed by atoms with Crippen LogP contribution in [0.4, 0.5) is 0 Å². The lowest BCUT2D eigenvalue weighted by Gasteiger charge is -2.16. The van der Waals surface area contributed by atoms with Crippen LogP contribution < -0.4 is 5.32 Å². The number of hydrogen-bond donors (Lipinski definition) is 1. The van der Waals surface area contributed by atoms with Crippen LogP contribution in [0.15, 0.2) is 41.8 Å². The number of fused-ring (bicyclic) bond motifs is 1. The van der Waals surface area contributed by atoms with E-state index in [4.69, 9.17) is 4.74 Å². The maximum atomic E-state index is 12.4. The normalized spacial score (nSPS) is 12.0. The summed E-state index contributed by atoms with van der Waals surface area (Å²) in [5, 5.41) is 12.8. The van der Waals surface area contributed by atoms with E-state index in [-0.39, 0.29) is 24.8 Å². The van der Waals surface area contributed by atoms with E-state index < -0.39 is 6.04 Å². The Hall–Kier alpha value is -2.74. The fraction of sp³-hybridized carbons (Fsp3) is 0.250. The van der Waals surface area contributed by atoms with Crippen molar-refractivity contribution < 1.29 is 14.3 Å². The molecule has 0 radical (unpaired) electrons. The van der Waals surface area contributed by atoms with Gasteiger partial charge in [-0.05, 0) is 23.6 Å². The van der Waals surface area contributed by atoms with E-state index in [0.717, 1.165) is 15.9 Å². The number of hydrogen-bond acceptors (Lipinski definition) is 6. The zero-order valence-corrected chi connectivity index (χ0v) is 13.8. The molecule has 0 saturated carbocycles. The van der Waals surface area contributed by atoms with Gasteiger partial charge in [0.15, 0.2) is 0 Å². The molecule has 1 unspecified atom stereocenters. The number of para-hydroxylation sites is 1. The van der Waals surface area contributed by atoms with E-state index in [0.29, 0.717) is 0 Å². The number of nitrogens with one attached hydrogen (secondary N) is 1.